The number of halogens is 3. The number of rotatable bonds is 6. The molecular formula is C14H26Cl2IN3O. The third-order valence-electron chi connectivity index (χ3n) is 2.19. The minimum absolute atomic E-state index is 0. The highest BCUT2D eigenvalue weighted by Gasteiger charge is 1.96. The van der Waals surface area contributed by atoms with Crippen LogP contribution in [0.25, 0.3) is 0 Å². The Hall–Kier alpha value is 0.0500. The van der Waals surface area contributed by atoms with Crippen molar-refractivity contribution in [3.05, 3.63) is 24.3 Å². The normalized spacial score (nSPS) is 11.4. The van der Waals surface area contributed by atoms with Crippen molar-refractivity contribution in [2.45, 2.75) is 3.38 Å². The van der Waals surface area contributed by atoms with Crippen LogP contribution in [-0.2, 0) is 0 Å². The number of anilines is 1. The number of ether oxygens (including phenoxy) is 1. The lowest BCUT2D eigenvalue weighted by atomic mass is 10.3. The molecule has 0 aliphatic carbocycles. The first-order valence-corrected chi connectivity index (χ1v) is 8.05. The number of nitrogen functional groups attached to an aromatic ring is 1. The topological polar surface area (TPSA) is 41.7 Å². The molecule has 1 aromatic carbocycles. The standard InChI is InChI=1S/C10H16N2O.C4H9ClIN.ClH/c1-12(2)7-8-13-10-5-3-9(11)4-6-10;1-7(2)3-4(5)6;/h3-6H,7-8,11H2,1-2H3;4H,3H2,1-2H3;1H. The van der Waals surface area contributed by atoms with Crippen LogP contribution in [0.15, 0.2) is 24.3 Å². The highest BCUT2D eigenvalue weighted by Crippen LogP contribution is 2.12. The zero-order valence-corrected chi connectivity index (χ0v) is 16.8. The molecule has 0 spiro atoms. The second-order valence-corrected chi connectivity index (χ2v) is 7.64. The predicted molar refractivity (Wildman–Crippen MR) is 104 cm³/mol. The summed E-state index contributed by atoms with van der Waals surface area (Å²) >= 11 is 7.80. The molecule has 0 aliphatic rings. The summed E-state index contributed by atoms with van der Waals surface area (Å²) in [5.74, 6) is 0.871. The van der Waals surface area contributed by atoms with E-state index in [1.54, 1.807) is 0 Å². The molecule has 1 atom stereocenters. The molecule has 124 valence electrons. The van der Waals surface area contributed by atoms with E-state index in [1.165, 1.54) is 0 Å². The van der Waals surface area contributed by atoms with E-state index in [4.69, 9.17) is 22.1 Å². The van der Waals surface area contributed by atoms with Crippen molar-refractivity contribution < 1.29 is 4.74 Å². The maximum atomic E-state index is 5.62. The van der Waals surface area contributed by atoms with Gasteiger partial charge < -0.3 is 20.3 Å². The van der Waals surface area contributed by atoms with Crippen molar-refractivity contribution in [1.82, 2.24) is 9.80 Å². The molecule has 4 nitrogen and oxygen atoms in total. The fourth-order valence-electron chi connectivity index (χ4n) is 1.19. The van der Waals surface area contributed by atoms with E-state index in [1.807, 2.05) is 52.5 Å². The third-order valence-corrected chi connectivity index (χ3v) is 2.72. The van der Waals surface area contributed by atoms with Gasteiger partial charge in [-0.1, -0.05) is 22.6 Å². The highest BCUT2D eigenvalue weighted by atomic mass is 127. The first kappa shape index (κ1) is 23.3. The first-order valence-electron chi connectivity index (χ1n) is 6.37. The number of nitrogens with zero attached hydrogens (tertiary/aromatic N) is 2. The van der Waals surface area contributed by atoms with Crippen LogP contribution in [0.4, 0.5) is 5.69 Å². The lowest BCUT2D eigenvalue weighted by Gasteiger charge is -2.10. The van der Waals surface area contributed by atoms with E-state index in [9.17, 15) is 0 Å². The van der Waals surface area contributed by atoms with E-state index in [2.05, 4.69) is 32.4 Å². The van der Waals surface area contributed by atoms with Crippen LogP contribution in [0.1, 0.15) is 0 Å². The van der Waals surface area contributed by atoms with E-state index in [0.717, 1.165) is 24.5 Å². The quantitative estimate of drug-likeness (QED) is 0.411. The van der Waals surface area contributed by atoms with Crippen LogP contribution in [0.3, 0.4) is 0 Å². The molecule has 0 saturated heterocycles. The molecule has 0 aliphatic heterocycles. The van der Waals surface area contributed by atoms with E-state index < -0.39 is 0 Å². The van der Waals surface area contributed by atoms with Gasteiger partial charge in [0.25, 0.3) is 0 Å². The Bertz CT molecular complexity index is 343. The average molecular weight is 450 g/mol. The summed E-state index contributed by atoms with van der Waals surface area (Å²) in [6.07, 6.45) is 0. The molecule has 0 aromatic heterocycles. The maximum absolute atomic E-state index is 5.62. The SMILES string of the molecule is CN(C)CC(Cl)I.CN(C)CCOc1ccc(N)cc1.Cl. The van der Waals surface area contributed by atoms with Crippen molar-refractivity contribution >= 4 is 52.3 Å². The van der Waals surface area contributed by atoms with Gasteiger partial charge in [0.05, 0.1) is 3.38 Å². The van der Waals surface area contributed by atoms with Gasteiger partial charge in [0, 0.05) is 18.8 Å². The van der Waals surface area contributed by atoms with Gasteiger partial charge >= 0.3 is 0 Å². The molecule has 0 bridgehead atoms. The average Bonchev–Trinajstić information content (AvgIpc) is 2.30. The second kappa shape index (κ2) is 13.7. The zero-order valence-electron chi connectivity index (χ0n) is 13.1. The Morgan fingerprint density at radius 1 is 1.14 bits per heavy atom. The zero-order chi connectivity index (χ0) is 15.5. The van der Waals surface area contributed by atoms with Crippen LogP contribution in [0.5, 0.6) is 5.75 Å². The summed E-state index contributed by atoms with van der Waals surface area (Å²) in [6.45, 7) is 2.57. The van der Waals surface area contributed by atoms with Crippen LogP contribution in [-0.4, -0.2) is 61.1 Å². The molecule has 1 rings (SSSR count). The lowest BCUT2D eigenvalue weighted by Crippen LogP contribution is -2.19. The van der Waals surface area contributed by atoms with Crippen LogP contribution in [0.2, 0.25) is 0 Å². The first-order chi connectivity index (χ1) is 9.31. The molecule has 0 radical (unpaired) electrons. The van der Waals surface area contributed by atoms with Gasteiger partial charge in [-0.05, 0) is 52.5 Å². The van der Waals surface area contributed by atoms with Crippen molar-refractivity contribution in [2.24, 2.45) is 0 Å². The van der Waals surface area contributed by atoms with Gasteiger partial charge in [-0.3, -0.25) is 0 Å². The number of nitrogens with two attached hydrogens (primary N) is 1. The molecule has 0 amide bonds. The summed E-state index contributed by atoms with van der Waals surface area (Å²) in [6, 6.07) is 7.44. The van der Waals surface area contributed by atoms with E-state index >= 15 is 0 Å². The summed E-state index contributed by atoms with van der Waals surface area (Å²) in [7, 11) is 8.06. The Kier molecular flexibility index (Phi) is 15.2. The summed E-state index contributed by atoms with van der Waals surface area (Å²) < 4.78 is 5.72. The van der Waals surface area contributed by atoms with Gasteiger partial charge in [0.2, 0.25) is 0 Å². The van der Waals surface area contributed by atoms with Crippen molar-refractivity contribution in [3.63, 3.8) is 0 Å². The maximum Gasteiger partial charge on any atom is 0.119 e. The van der Waals surface area contributed by atoms with Gasteiger partial charge in [0.15, 0.2) is 0 Å². The van der Waals surface area contributed by atoms with Crippen molar-refractivity contribution in [3.8, 4) is 5.75 Å². The minimum atomic E-state index is 0. The van der Waals surface area contributed by atoms with Crippen molar-refractivity contribution in [1.29, 1.82) is 0 Å². The number of benzene rings is 1. The Morgan fingerprint density at radius 2 is 1.67 bits per heavy atom. The Balaban J connectivity index is 0. The molecule has 0 saturated carbocycles. The minimum Gasteiger partial charge on any atom is -0.492 e. The largest absolute Gasteiger partial charge is 0.492 e. The predicted octanol–water partition coefficient (Wildman–Crippen LogP) is 3.18. The molecule has 7 heteroatoms. The van der Waals surface area contributed by atoms with E-state index in [0.29, 0.717) is 6.61 Å². The summed E-state index contributed by atoms with van der Waals surface area (Å²) in [5.41, 5.74) is 6.30. The number of alkyl halides is 2. The van der Waals surface area contributed by atoms with Gasteiger partial charge in [-0.2, -0.15) is 0 Å². The molecule has 2 N–H and O–H groups in total. The Labute approximate surface area is 153 Å². The summed E-state index contributed by atoms with van der Waals surface area (Å²) in [4.78, 5) is 4.14. The summed E-state index contributed by atoms with van der Waals surface area (Å²) in [5, 5.41) is 0. The number of hydrogen-bond donors (Lipinski definition) is 1. The monoisotopic (exact) mass is 449 g/mol. The molecule has 1 unspecified atom stereocenters. The number of likely N-dealkylation sites (N-methyl/N-ethyl adjacent to an activating group) is 1. The van der Waals surface area contributed by atoms with Gasteiger partial charge in [0.1, 0.15) is 12.4 Å². The second-order valence-electron chi connectivity index (χ2n) is 4.87. The van der Waals surface area contributed by atoms with Crippen molar-refractivity contribution in [2.75, 3.05) is 53.6 Å². The number of hydrogen-bond acceptors (Lipinski definition) is 4. The van der Waals surface area contributed by atoms with Gasteiger partial charge in [-0.15, -0.1) is 24.0 Å². The molecule has 0 fully saturated rings. The van der Waals surface area contributed by atoms with E-state index in [-0.39, 0.29) is 15.8 Å². The molecule has 0 heterocycles. The lowest BCUT2D eigenvalue weighted by molar-refractivity contribution is 0.261. The Morgan fingerprint density at radius 3 is 2.00 bits per heavy atom. The van der Waals surface area contributed by atoms with Crippen LogP contribution in [0, 0.1) is 0 Å². The smallest absolute Gasteiger partial charge is 0.119 e. The van der Waals surface area contributed by atoms with Gasteiger partial charge in [-0.25, -0.2) is 0 Å². The van der Waals surface area contributed by atoms with Crippen LogP contribution < -0.4 is 10.5 Å². The molecule has 1 aromatic rings. The third kappa shape index (κ3) is 16.2. The molecule has 21 heavy (non-hydrogen) atoms. The van der Waals surface area contributed by atoms with Crippen LogP contribution >= 0.6 is 46.6 Å². The molecular weight excluding hydrogens is 424 g/mol. The highest BCUT2D eigenvalue weighted by molar-refractivity contribution is 14.1. The fraction of sp³-hybridized carbons (Fsp3) is 0.571. The fourth-order valence-corrected chi connectivity index (χ4v) is 2.25.